The maximum absolute atomic E-state index is 13.7. The van der Waals surface area contributed by atoms with Crippen molar-refractivity contribution in [1.29, 1.82) is 0 Å². The van der Waals surface area contributed by atoms with Gasteiger partial charge in [0.1, 0.15) is 11.6 Å². The summed E-state index contributed by atoms with van der Waals surface area (Å²) in [6.07, 6.45) is 11.8. The van der Waals surface area contributed by atoms with Crippen LogP contribution < -0.4 is 0 Å². The second kappa shape index (κ2) is 11.9. The van der Waals surface area contributed by atoms with Gasteiger partial charge in [-0.3, -0.25) is 0 Å². The van der Waals surface area contributed by atoms with E-state index in [1.54, 1.807) is 6.07 Å². The Balaban J connectivity index is 0.000000186. The van der Waals surface area contributed by atoms with E-state index < -0.39 is 23.6 Å². The average molecular weight is 459 g/mol. The quantitative estimate of drug-likeness (QED) is 0.491. The molecule has 2 saturated carbocycles. The fourth-order valence-corrected chi connectivity index (χ4v) is 4.89. The number of hydrogen-bond acceptors (Lipinski definition) is 3. The Morgan fingerprint density at radius 2 is 1.18 bits per heavy atom. The van der Waals surface area contributed by atoms with E-state index in [1.165, 1.54) is 69.9 Å². The zero-order chi connectivity index (χ0) is 23.8. The minimum Gasteiger partial charge on any atom is -0.478 e. The van der Waals surface area contributed by atoms with Crippen LogP contribution in [0.5, 0.6) is 0 Å². The number of methoxy groups -OCH3 is 1. The molecule has 0 radical (unpaired) electrons. The predicted molar refractivity (Wildman–Crippen MR) is 123 cm³/mol. The average Bonchev–Trinajstić information content (AvgIpc) is 2.84. The number of aromatic carboxylic acids is 1. The van der Waals surface area contributed by atoms with Crippen LogP contribution in [-0.2, 0) is 4.74 Å². The van der Waals surface area contributed by atoms with Crippen LogP contribution in [0.25, 0.3) is 0 Å². The number of esters is 1. The van der Waals surface area contributed by atoms with E-state index in [0.717, 1.165) is 36.8 Å². The Hall–Kier alpha value is -2.76. The van der Waals surface area contributed by atoms with Crippen molar-refractivity contribution in [2.45, 2.75) is 76.0 Å². The largest absolute Gasteiger partial charge is 0.478 e. The van der Waals surface area contributed by atoms with Gasteiger partial charge >= 0.3 is 11.9 Å². The highest BCUT2D eigenvalue weighted by molar-refractivity contribution is 5.89. The second-order valence-corrected chi connectivity index (χ2v) is 8.95. The molecule has 2 aromatic rings. The van der Waals surface area contributed by atoms with Crippen molar-refractivity contribution in [1.82, 2.24) is 0 Å². The Morgan fingerprint density at radius 1 is 0.758 bits per heavy atom. The van der Waals surface area contributed by atoms with Gasteiger partial charge in [-0.05, 0) is 72.9 Å². The first-order chi connectivity index (χ1) is 15.9. The van der Waals surface area contributed by atoms with Crippen LogP contribution in [0.2, 0.25) is 0 Å². The van der Waals surface area contributed by atoms with Crippen LogP contribution >= 0.6 is 0 Å². The predicted octanol–water partition coefficient (Wildman–Crippen LogP) is 7.23. The third-order valence-electron chi connectivity index (χ3n) is 6.78. The molecule has 6 heteroatoms. The van der Waals surface area contributed by atoms with Gasteiger partial charge in [0.05, 0.1) is 18.2 Å². The van der Waals surface area contributed by atoms with E-state index in [9.17, 15) is 18.4 Å². The van der Waals surface area contributed by atoms with E-state index in [1.807, 2.05) is 6.07 Å². The highest BCUT2D eigenvalue weighted by atomic mass is 19.1. The summed E-state index contributed by atoms with van der Waals surface area (Å²) in [4.78, 5) is 21.9. The molecule has 2 aliphatic rings. The molecule has 178 valence electrons. The number of carbonyl (C=O) groups excluding carboxylic acids is 1. The molecule has 0 aromatic heterocycles. The number of benzene rings is 2. The van der Waals surface area contributed by atoms with Crippen LogP contribution in [0, 0.1) is 11.6 Å². The third-order valence-corrected chi connectivity index (χ3v) is 6.78. The molecule has 0 saturated heterocycles. The van der Waals surface area contributed by atoms with E-state index in [0.29, 0.717) is 11.8 Å². The molecule has 0 aliphatic heterocycles. The number of rotatable bonds is 4. The molecule has 4 rings (SSSR count). The van der Waals surface area contributed by atoms with Gasteiger partial charge in [0.25, 0.3) is 0 Å². The van der Waals surface area contributed by atoms with Gasteiger partial charge in [0, 0.05) is 0 Å². The lowest BCUT2D eigenvalue weighted by atomic mass is 9.84. The first kappa shape index (κ1) is 24.9. The van der Waals surface area contributed by atoms with Gasteiger partial charge in [-0.2, -0.15) is 0 Å². The molecular weight excluding hydrogens is 426 g/mol. The highest BCUT2D eigenvalue weighted by Crippen LogP contribution is 2.34. The SMILES string of the molecule is COC(=O)c1ccc(C2CCCCC2)cc1F.O=C(O)c1ccc(C2CCCCC2)cc1F. The summed E-state index contributed by atoms with van der Waals surface area (Å²) in [7, 11) is 1.26. The molecule has 4 nitrogen and oxygen atoms in total. The molecule has 0 spiro atoms. The van der Waals surface area contributed by atoms with Gasteiger partial charge in [-0.25, -0.2) is 18.4 Å². The van der Waals surface area contributed by atoms with Gasteiger partial charge < -0.3 is 9.84 Å². The molecule has 0 bridgehead atoms. The summed E-state index contributed by atoms with van der Waals surface area (Å²) < 4.78 is 31.7. The summed E-state index contributed by atoms with van der Waals surface area (Å²) in [6.45, 7) is 0. The fraction of sp³-hybridized carbons (Fsp3) is 0.481. The molecule has 2 fully saturated rings. The molecule has 0 unspecified atom stereocenters. The number of hydrogen-bond donors (Lipinski definition) is 1. The number of carbonyl (C=O) groups is 2. The highest BCUT2D eigenvalue weighted by Gasteiger charge is 2.19. The normalized spacial score (nSPS) is 17.1. The lowest BCUT2D eigenvalue weighted by Crippen LogP contribution is -2.08. The van der Waals surface area contributed by atoms with Crippen LogP contribution in [0.1, 0.15) is 108 Å². The van der Waals surface area contributed by atoms with E-state index in [4.69, 9.17) is 5.11 Å². The van der Waals surface area contributed by atoms with E-state index >= 15 is 0 Å². The van der Waals surface area contributed by atoms with Crippen molar-refractivity contribution in [3.63, 3.8) is 0 Å². The minimum atomic E-state index is -1.20. The number of ether oxygens (including phenoxy) is 1. The number of carboxylic acid groups (broad SMARTS) is 1. The third kappa shape index (κ3) is 6.62. The van der Waals surface area contributed by atoms with E-state index in [-0.39, 0.29) is 11.1 Å². The molecule has 1 N–H and O–H groups in total. The maximum atomic E-state index is 13.7. The summed E-state index contributed by atoms with van der Waals surface area (Å²) in [6, 6.07) is 9.39. The summed E-state index contributed by atoms with van der Waals surface area (Å²) in [5.74, 6) is -2.04. The zero-order valence-electron chi connectivity index (χ0n) is 19.1. The molecule has 33 heavy (non-hydrogen) atoms. The molecule has 2 aliphatic carbocycles. The second-order valence-electron chi connectivity index (χ2n) is 8.95. The summed E-state index contributed by atoms with van der Waals surface area (Å²) in [5, 5.41) is 8.73. The lowest BCUT2D eigenvalue weighted by Gasteiger charge is -2.22. The minimum absolute atomic E-state index is 0.0204. The molecular formula is C27H32F2O4. The van der Waals surface area contributed by atoms with Crippen LogP contribution in [0.4, 0.5) is 8.78 Å². The molecule has 0 amide bonds. The maximum Gasteiger partial charge on any atom is 0.340 e. The van der Waals surface area contributed by atoms with Crippen molar-refractivity contribution >= 4 is 11.9 Å². The number of carboxylic acids is 1. The van der Waals surface area contributed by atoms with Gasteiger partial charge in [-0.1, -0.05) is 50.7 Å². The van der Waals surface area contributed by atoms with E-state index in [2.05, 4.69) is 4.74 Å². The number of halogens is 2. The molecule has 2 aromatic carbocycles. The van der Waals surface area contributed by atoms with Crippen molar-refractivity contribution in [2.24, 2.45) is 0 Å². The smallest absolute Gasteiger partial charge is 0.340 e. The standard InChI is InChI=1S/C14H17FO2.C13H15FO2/c1-17-14(16)12-8-7-11(9-13(12)15)10-5-3-2-4-6-10;14-12-8-10(6-7-11(12)13(15)16)9-4-2-1-3-5-9/h7-10H,2-6H2,1H3;6-9H,1-5H2,(H,15,16). The Kier molecular flexibility index (Phi) is 8.98. The van der Waals surface area contributed by atoms with Gasteiger partial charge in [0.2, 0.25) is 0 Å². The topological polar surface area (TPSA) is 63.6 Å². The zero-order valence-corrected chi connectivity index (χ0v) is 19.1. The van der Waals surface area contributed by atoms with Crippen LogP contribution in [0.15, 0.2) is 36.4 Å². The van der Waals surface area contributed by atoms with Crippen molar-refractivity contribution < 1.29 is 28.2 Å². The van der Waals surface area contributed by atoms with Gasteiger partial charge in [-0.15, -0.1) is 0 Å². The van der Waals surface area contributed by atoms with Crippen molar-refractivity contribution in [2.75, 3.05) is 7.11 Å². The summed E-state index contributed by atoms with van der Waals surface area (Å²) >= 11 is 0. The fourth-order valence-electron chi connectivity index (χ4n) is 4.89. The molecule has 0 atom stereocenters. The molecule has 0 heterocycles. The Labute approximate surface area is 194 Å². The van der Waals surface area contributed by atoms with Crippen LogP contribution in [-0.4, -0.2) is 24.2 Å². The van der Waals surface area contributed by atoms with Crippen molar-refractivity contribution in [3.05, 3.63) is 70.3 Å². The van der Waals surface area contributed by atoms with Crippen molar-refractivity contribution in [3.8, 4) is 0 Å². The van der Waals surface area contributed by atoms with Gasteiger partial charge in [0.15, 0.2) is 0 Å². The lowest BCUT2D eigenvalue weighted by molar-refractivity contribution is 0.0594. The monoisotopic (exact) mass is 458 g/mol. The Bertz CT molecular complexity index is 961. The first-order valence-electron chi connectivity index (χ1n) is 11.8. The Morgan fingerprint density at radius 3 is 1.55 bits per heavy atom. The first-order valence-corrected chi connectivity index (χ1v) is 11.8. The van der Waals surface area contributed by atoms with Crippen LogP contribution in [0.3, 0.4) is 0 Å². The summed E-state index contributed by atoms with van der Waals surface area (Å²) in [5.41, 5.74) is 1.74.